The highest BCUT2D eigenvalue weighted by atomic mass is 79.9. The van der Waals surface area contributed by atoms with Gasteiger partial charge in [-0.25, -0.2) is 8.78 Å². The van der Waals surface area contributed by atoms with Crippen molar-refractivity contribution in [2.45, 2.75) is 59.6 Å². The maximum atomic E-state index is 13.4. The van der Waals surface area contributed by atoms with Crippen molar-refractivity contribution in [2.75, 3.05) is 40.5 Å². The summed E-state index contributed by atoms with van der Waals surface area (Å²) in [6.45, 7) is 15.0. The Kier molecular flexibility index (Phi) is 12.8. The summed E-state index contributed by atoms with van der Waals surface area (Å²) in [5.74, 6) is -0.170. The Balaban J connectivity index is 0.00000588. The smallest absolute Gasteiger partial charge is 0.159 e. The topological polar surface area (TPSA) is 27.7 Å². The fraction of sp³-hybridized carbons (Fsp3) is 0.471. The molecule has 41 heavy (non-hydrogen) atoms. The first-order valence-electron chi connectivity index (χ1n) is 14.0. The van der Waals surface area contributed by atoms with Crippen molar-refractivity contribution >= 4 is 0 Å². The van der Waals surface area contributed by atoms with Gasteiger partial charge in [0, 0.05) is 5.56 Å². The van der Waals surface area contributed by atoms with Crippen molar-refractivity contribution < 1.29 is 44.5 Å². The van der Waals surface area contributed by atoms with Crippen LogP contribution in [0.4, 0.5) is 8.78 Å². The van der Waals surface area contributed by atoms with Crippen LogP contribution in [0.25, 0.3) is 0 Å². The molecule has 0 aromatic heterocycles. The van der Waals surface area contributed by atoms with Gasteiger partial charge in [0.1, 0.15) is 37.8 Å². The van der Waals surface area contributed by atoms with Gasteiger partial charge in [-0.3, -0.25) is 0 Å². The van der Waals surface area contributed by atoms with Gasteiger partial charge < -0.3 is 35.7 Å². The lowest BCUT2D eigenvalue weighted by molar-refractivity contribution is -0.904. The molecule has 0 unspecified atom stereocenters. The highest BCUT2D eigenvalue weighted by molar-refractivity contribution is 5.32. The third-order valence-electron chi connectivity index (χ3n) is 6.87. The zero-order valence-corrected chi connectivity index (χ0v) is 27.2. The molecule has 0 amide bonds. The Bertz CT molecular complexity index is 1210. The molecule has 0 bridgehead atoms. The molecule has 226 valence electrons. The van der Waals surface area contributed by atoms with E-state index in [9.17, 15) is 8.78 Å². The summed E-state index contributed by atoms with van der Waals surface area (Å²) in [4.78, 5) is 0. The minimum atomic E-state index is -0.867. The minimum Gasteiger partial charge on any atom is -1.00 e. The van der Waals surface area contributed by atoms with E-state index >= 15 is 0 Å². The quantitative estimate of drug-likeness (QED) is 0.186. The van der Waals surface area contributed by atoms with Gasteiger partial charge >= 0.3 is 0 Å². The summed E-state index contributed by atoms with van der Waals surface area (Å²) in [6.07, 6.45) is 1.12. The van der Waals surface area contributed by atoms with Crippen molar-refractivity contribution in [3.05, 3.63) is 95.1 Å². The standard InChI is InChI=1S/C34H46F2NO3.BrH/c1-33(2,3)25-34(4,5)28-11-15-29(16-12-28)39-21-20-38-19-18-37(6,7)23-26-8-13-30(14-9-26)40-24-27-10-17-31(35)32(36)22-27;/h8-17,22H,18-21,23-25H2,1-7H3;1H/q+1;/p-1. The first kappa shape index (κ1) is 34.7. The molecule has 0 aliphatic carbocycles. The number of halogens is 3. The Morgan fingerprint density at radius 3 is 1.88 bits per heavy atom. The fourth-order valence-electron chi connectivity index (χ4n) is 5.12. The van der Waals surface area contributed by atoms with E-state index in [4.69, 9.17) is 14.2 Å². The summed E-state index contributed by atoms with van der Waals surface area (Å²) in [5, 5.41) is 0. The van der Waals surface area contributed by atoms with Gasteiger partial charge in [0.25, 0.3) is 0 Å². The predicted octanol–water partition coefficient (Wildman–Crippen LogP) is 4.93. The van der Waals surface area contributed by atoms with Gasteiger partial charge in [-0.15, -0.1) is 0 Å². The van der Waals surface area contributed by atoms with Crippen LogP contribution in [0.15, 0.2) is 66.7 Å². The third kappa shape index (κ3) is 12.1. The maximum Gasteiger partial charge on any atom is 0.159 e. The van der Waals surface area contributed by atoms with Gasteiger partial charge in [-0.1, -0.05) is 52.8 Å². The van der Waals surface area contributed by atoms with Crippen LogP contribution in [0.3, 0.4) is 0 Å². The Hall–Kier alpha value is -2.48. The molecule has 3 rings (SSSR count). The van der Waals surface area contributed by atoms with E-state index in [1.54, 1.807) is 0 Å². The molecule has 4 nitrogen and oxygen atoms in total. The molecule has 3 aromatic carbocycles. The number of nitrogens with zero attached hydrogens (tertiary/aromatic N) is 1. The van der Waals surface area contributed by atoms with Crippen molar-refractivity contribution in [3.63, 3.8) is 0 Å². The lowest BCUT2D eigenvalue weighted by atomic mass is 9.72. The summed E-state index contributed by atoms with van der Waals surface area (Å²) >= 11 is 0. The zero-order valence-electron chi connectivity index (χ0n) is 25.6. The van der Waals surface area contributed by atoms with Gasteiger partial charge in [0.05, 0.1) is 27.3 Å². The van der Waals surface area contributed by atoms with E-state index < -0.39 is 11.6 Å². The summed E-state index contributed by atoms with van der Waals surface area (Å²) < 4.78 is 44.7. The SMILES string of the molecule is CC(C)(C)CC(C)(C)c1ccc(OCCOCC[N+](C)(C)Cc2ccc(OCc3ccc(F)c(F)c3)cc2)cc1.[Br-]. The molecule has 0 aliphatic rings. The average molecular weight is 635 g/mol. The van der Waals surface area contributed by atoms with E-state index in [0.29, 0.717) is 31.1 Å². The van der Waals surface area contributed by atoms with E-state index in [-0.39, 0.29) is 34.4 Å². The minimum absolute atomic E-state index is 0. The number of benzene rings is 3. The number of ether oxygens (including phenoxy) is 3. The molecule has 3 aromatic rings. The molecule has 0 heterocycles. The normalized spacial score (nSPS) is 12.1. The van der Waals surface area contributed by atoms with E-state index in [1.807, 2.05) is 24.3 Å². The number of hydrogen-bond donors (Lipinski definition) is 0. The molecular formula is C34H46BrF2NO3. The van der Waals surface area contributed by atoms with E-state index in [1.165, 1.54) is 17.2 Å². The first-order valence-corrected chi connectivity index (χ1v) is 14.0. The molecule has 0 N–H and O–H groups in total. The van der Waals surface area contributed by atoms with Crippen molar-refractivity contribution in [3.8, 4) is 11.5 Å². The number of likely N-dealkylation sites (N-methyl/N-ethyl adjacent to an activating group) is 1. The molecule has 0 spiro atoms. The third-order valence-corrected chi connectivity index (χ3v) is 6.87. The van der Waals surface area contributed by atoms with Crippen LogP contribution in [0.5, 0.6) is 11.5 Å². The second-order valence-electron chi connectivity index (χ2n) is 13.1. The van der Waals surface area contributed by atoms with Gasteiger partial charge in [-0.2, -0.15) is 0 Å². The number of hydrogen-bond acceptors (Lipinski definition) is 3. The molecule has 0 fully saturated rings. The molecule has 0 radical (unpaired) electrons. The summed E-state index contributed by atoms with van der Waals surface area (Å²) in [5.41, 5.74) is 3.49. The average Bonchev–Trinajstić information content (AvgIpc) is 2.86. The molecule has 0 atom stereocenters. The first-order chi connectivity index (χ1) is 18.7. The zero-order chi connectivity index (χ0) is 29.4. The second-order valence-corrected chi connectivity index (χ2v) is 13.1. The lowest BCUT2D eigenvalue weighted by Gasteiger charge is -2.33. The highest BCUT2D eigenvalue weighted by Gasteiger charge is 2.27. The van der Waals surface area contributed by atoms with Gasteiger partial charge in [0.15, 0.2) is 11.6 Å². The summed E-state index contributed by atoms with van der Waals surface area (Å²) in [6, 6.07) is 20.1. The number of rotatable bonds is 14. The van der Waals surface area contributed by atoms with Crippen LogP contribution in [0.1, 0.15) is 57.7 Å². The van der Waals surface area contributed by atoms with E-state index in [0.717, 1.165) is 41.9 Å². The van der Waals surface area contributed by atoms with Gasteiger partial charge in [0.2, 0.25) is 0 Å². The van der Waals surface area contributed by atoms with Crippen LogP contribution >= 0.6 is 0 Å². The van der Waals surface area contributed by atoms with Crippen LogP contribution in [-0.2, 0) is 23.3 Å². The molecule has 0 saturated heterocycles. The largest absolute Gasteiger partial charge is 1.00 e. The molecule has 0 saturated carbocycles. The predicted molar refractivity (Wildman–Crippen MR) is 158 cm³/mol. The van der Waals surface area contributed by atoms with Crippen molar-refractivity contribution in [2.24, 2.45) is 5.41 Å². The Morgan fingerprint density at radius 1 is 0.683 bits per heavy atom. The fourth-order valence-corrected chi connectivity index (χ4v) is 5.12. The highest BCUT2D eigenvalue weighted by Crippen LogP contribution is 2.36. The Morgan fingerprint density at radius 2 is 1.27 bits per heavy atom. The van der Waals surface area contributed by atoms with Crippen LogP contribution in [-0.4, -0.2) is 44.9 Å². The molecule has 7 heteroatoms. The molecular weight excluding hydrogens is 588 g/mol. The van der Waals surface area contributed by atoms with Crippen LogP contribution < -0.4 is 26.5 Å². The maximum absolute atomic E-state index is 13.4. The van der Waals surface area contributed by atoms with Crippen molar-refractivity contribution in [1.29, 1.82) is 0 Å². The lowest BCUT2D eigenvalue weighted by Crippen LogP contribution is -3.00. The summed E-state index contributed by atoms with van der Waals surface area (Å²) in [7, 11) is 4.35. The number of quaternary nitrogens is 1. The van der Waals surface area contributed by atoms with Crippen LogP contribution in [0, 0.1) is 17.0 Å². The van der Waals surface area contributed by atoms with Crippen LogP contribution in [0.2, 0.25) is 0 Å². The molecule has 0 aliphatic heterocycles. The van der Waals surface area contributed by atoms with E-state index in [2.05, 4.69) is 73.0 Å². The monoisotopic (exact) mass is 633 g/mol. The Labute approximate surface area is 256 Å². The van der Waals surface area contributed by atoms with Gasteiger partial charge in [-0.05, 0) is 76.9 Å². The second kappa shape index (κ2) is 15.1. The van der Waals surface area contributed by atoms with Crippen molar-refractivity contribution in [1.82, 2.24) is 0 Å².